The Morgan fingerprint density at radius 2 is 1.74 bits per heavy atom. The van der Waals surface area contributed by atoms with Gasteiger partial charge in [-0.05, 0) is 55.3 Å². The van der Waals surface area contributed by atoms with Crippen molar-refractivity contribution in [2.24, 2.45) is 0 Å². The molecule has 0 atom stereocenters. The standard InChI is InChI=1S/C14H14BrNO2S/c1-10-6-7-14(8-11(10)2)19(17,18)16-13-5-3-4-12(15)9-13/h3-9,16H,1-2H3. The van der Waals surface area contributed by atoms with E-state index in [9.17, 15) is 8.42 Å². The van der Waals surface area contributed by atoms with E-state index in [1.165, 1.54) is 0 Å². The van der Waals surface area contributed by atoms with E-state index < -0.39 is 10.0 Å². The smallest absolute Gasteiger partial charge is 0.261 e. The minimum Gasteiger partial charge on any atom is -0.280 e. The maximum absolute atomic E-state index is 12.2. The van der Waals surface area contributed by atoms with Crippen LogP contribution in [0.15, 0.2) is 51.8 Å². The summed E-state index contributed by atoms with van der Waals surface area (Å²) in [6.07, 6.45) is 0. The van der Waals surface area contributed by atoms with Gasteiger partial charge in [0, 0.05) is 10.2 Å². The van der Waals surface area contributed by atoms with Crippen LogP contribution in [-0.4, -0.2) is 8.42 Å². The summed E-state index contributed by atoms with van der Waals surface area (Å²) in [6.45, 7) is 3.85. The summed E-state index contributed by atoms with van der Waals surface area (Å²) in [6, 6.07) is 12.2. The first-order valence-corrected chi connectivity index (χ1v) is 8.02. The van der Waals surface area contributed by atoms with Crippen molar-refractivity contribution in [3.63, 3.8) is 0 Å². The molecule has 0 aliphatic rings. The van der Waals surface area contributed by atoms with Crippen LogP contribution < -0.4 is 4.72 Å². The molecule has 0 unspecified atom stereocenters. The molecule has 5 heteroatoms. The Bertz CT molecular complexity index is 711. The van der Waals surface area contributed by atoms with Crippen molar-refractivity contribution < 1.29 is 8.42 Å². The van der Waals surface area contributed by atoms with Crippen molar-refractivity contribution in [2.45, 2.75) is 18.7 Å². The molecule has 0 radical (unpaired) electrons. The monoisotopic (exact) mass is 339 g/mol. The lowest BCUT2D eigenvalue weighted by Gasteiger charge is -2.10. The third-order valence-electron chi connectivity index (χ3n) is 2.87. The van der Waals surface area contributed by atoms with Crippen LogP contribution >= 0.6 is 15.9 Å². The summed E-state index contributed by atoms with van der Waals surface area (Å²) in [5.74, 6) is 0. The first kappa shape index (κ1) is 14.1. The van der Waals surface area contributed by atoms with Gasteiger partial charge in [0.25, 0.3) is 10.0 Å². The van der Waals surface area contributed by atoms with E-state index in [2.05, 4.69) is 20.7 Å². The Morgan fingerprint density at radius 1 is 1.00 bits per heavy atom. The van der Waals surface area contributed by atoms with Crippen LogP contribution in [0, 0.1) is 13.8 Å². The molecule has 3 nitrogen and oxygen atoms in total. The summed E-state index contributed by atoms with van der Waals surface area (Å²) in [4.78, 5) is 0.274. The molecule has 0 aliphatic carbocycles. The number of anilines is 1. The first-order valence-electron chi connectivity index (χ1n) is 5.74. The maximum atomic E-state index is 12.2. The molecule has 1 N–H and O–H groups in total. The van der Waals surface area contributed by atoms with E-state index in [1.807, 2.05) is 26.0 Å². The minimum atomic E-state index is -3.54. The summed E-state index contributed by atoms with van der Waals surface area (Å²) >= 11 is 3.31. The largest absolute Gasteiger partial charge is 0.280 e. The van der Waals surface area contributed by atoms with Crippen molar-refractivity contribution in [3.8, 4) is 0 Å². The average molecular weight is 340 g/mol. The zero-order valence-electron chi connectivity index (χ0n) is 10.6. The molecule has 2 rings (SSSR count). The van der Waals surface area contributed by atoms with Gasteiger partial charge in [0.05, 0.1) is 4.90 Å². The molecule has 100 valence electrons. The third kappa shape index (κ3) is 3.36. The first-order chi connectivity index (χ1) is 8.88. The zero-order chi connectivity index (χ0) is 14.0. The fourth-order valence-electron chi connectivity index (χ4n) is 1.65. The van der Waals surface area contributed by atoms with Gasteiger partial charge in [0.2, 0.25) is 0 Å². The van der Waals surface area contributed by atoms with Gasteiger partial charge in [0.1, 0.15) is 0 Å². The van der Waals surface area contributed by atoms with Gasteiger partial charge in [-0.15, -0.1) is 0 Å². The molecular formula is C14H14BrNO2S. The van der Waals surface area contributed by atoms with Crippen LogP contribution in [0.5, 0.6) is 0 Å². The molecular weight excluding hydrogens is 326 g/mol. The van der Waals surface area contributed by atoms with Crippen LogP contribution in [0.3, 0.4) is 0 Å². The molecule has 0 bridgehead atoms. The summed E-state index contributed by atoms with van der Waals surface area (Å²) in [5.41, 5.74) is 2.56. The van der Waals surface area contributed by atoms with E-state index in [-0.39, 0.29) is 4.90 Å². The lowest BCUT2D eigenvalue weighted by molar-refractivity contribution is 0.601. The Hall–Kier alpha value is -1.33. The van der Waals surface area contributed by atoms with E-state index in [0.717, 1.165) is 15.6 Å². The molecule has 0 heterocycles. The van der Waals surface area contributed by atoms with Gasteiger partial charge in [-0.25, -0.2) is 8.42 Å². The molecule has 0 spiro atoms. The molecule has 2 aromatic rings. The van der Waals surface area contributed by atoms with Crippen molar-refractivity contribution in [2.75, 3.05) is 4.72 Å². The van der Waals surface area contributed by atoms with Crippen molar-refractivity contribution in [1.82, 2.24) is 0 Å². The van der Waals surface area contributed by atoms with Crippen LogP contribution in [-0.2, 0) is 10.0 Å². The fourth-order valence-corrected chi connectivity index (χ4v) is 3.18. The number of sulfonamides is 1. The van der Waals surface area contributed by atoms with Crippen molar-refractivity contribution >= 4 is 31.6 Å². The summed E-state index contributed by atoms with van der Waals surface area (Å²) in [5, 5.41) is 0. The topological polar surface area (TPSA) is 46.2 Å². The van der Waals surface area contributed by atoms with Crippen LogP contribution in [0.25, 0.3) is 0 Å². The SMILES string of the molecule is Cc1ccc(S(=O)(=O)Nc2cccc(Br)c2)cc1C. The molecule has 0 saturated heterocycles. The number of nitrogens with one attached hydrogen (secondary N) is 1. The molecule has 0 amide bonds. The number of hydrogen-bond donors (Lipinski definition) is 1. The van der Waals surface area contributed by atoms with Crippen molar-refractivity contribution in [3.05, 3.63) is 58.1 Å². The lowest BCUT2D eigenvalue weighted by Crippen LogP contribution is -2.13. The Morgan fingerprint density at radius 3 is 2.37 bits per heavy atom. The van der Waals surface area contributed by atoms with Gasteiger partial charge in [-0.1, -0.05) is 28.1 Å². The second-order valence-electron chi connectivity index (χ2n) is 4.36. The van der Waals surface area contributed by atoms with Gasteiger partial charge >= 0.3 is 0 Å². The highest BCUT2D eigenvalue weighted by molar-refractivity contribution is 9.10. The van der Waals surface area contributed by atoms with Gasteiger partial charge < -0.3 is 0 Å². The second kappa shape index (κ2) is 5.35. The second-order valence-corrected chi connectivity index (χ2v) is 6.96. The predicted octanol–water partition coefficient (Wildman–Crippen LogP) is 3.87. The van der Waals surface area contributed by atoms with Crippen LogP contribution in [0.2, 0.25) is 0 Å². The zero-order valence-corrected chi connectivity index (χ0v) is 13.0. The Balaban J connectivity index is 2.35. The molecule has 19 heavy (non-hydrogen) atoms. The quantitative estimate of drug-likeness (QED) is 0.922. The van der Waals surface area contributed by atoms with Gasteiger partial charge in [-0.2, -0.15) is 0 Å². The van der Waals surface area contributed by atoms with Crippen LogP contribution in [0.4, 0.5) is 5.69 Å². The van der Waals surface area contributed by atoms with E-state index in [1.54, 1.807) is 30.3 Å². The minimum absolute atomic E-state index is 0.274. The van der Waals surface area contributed by atoms with E-state index >= 15 is 0 Å². The molecule has 0 saturated carbocycles. The highest BCUT2D eigenvalue weighted by atomic mass is 79.9. The lowest BCUT2D eigenvalue weighted by atomic mass is 10.1. The number of rotatable bonds is 3. The number of halogens is 1. The number of benzene rings is 2. The highest BCUT2D eigenvalue weighted by Gasteiger charge is 2.14. The molecule has 2 aromatic carbocycles. The van der Waals surface area contributed by atoms with E-state index in [0.29, 0.717) is 5.69 Å². The third-order valence-corrected chi connectivity index (χ3v) is 4.74. The molecule has 0 aliphatic heterocycles. The number of aryl methyl sites for hydroxylation is 2. The van der Waals surface area contributed by atoms with Crippen molar-refractivity contribution in [1.29, 1.82) is 0 Å². The predicted molar refractivity (Wildman–Crippen MR) is 80.9 cm³/mol. The Labute approximate surface area is 121 Å². The summed E-state index contributed by atoms with van der Waals surface area (Å²) < 4.78 is 27.9. The Kier molecular flexibility index (Phi) is 3.96. The maximum Gasteiger partial charge on any atom is 0.261 e. The highest BCUT2D eigenvalue weighted by Crippen LogP contribution is 2.21. The normalized spacial score (nSPS) is 11.3. The number of hydrogen-bond acceptors (Lipinski definition) is 2. The molecule has 0 aromatic heterocycles. The van der Waals surface area contributed by atoms with E-state index in [4.69, 9.17) is 0 Å². The average Bonchev–Trinajstić information content (AvgIpc) is 2.32. The summed E-state index contributed by atoms with van der Waals surface area (Å²) in [7, 11) is -3.54. The fraction of sp³-hybridized carbons (Fsp3) is 0.143. The van der Waals surface area contributed by atoms with Gasteiger partial charge in [-0.3, -0.25) is 4.72 Å². The van der Waals surface area contributed by atoms with Crippen LogP contribution in [0.1, 0.15) is 11.1 Å². The molecule has 0 fully saturated rings. The van der Waals surface area contributed by atoms with Gasteiger partial charge in [0.15, 0.2) is 0 Å².